The predicted molar refractivity (Wildman–Crippen MR) is 86.2 cm³/mol. The zero-order chi connectivity index (χ0) is 15.1. The smallest absolute Gasteiger partial charge is 0.223 e. The van der Waals surface area contributed by atoms with Crippen LogP contribution in [0.5, 0.6) is 0 Å². The summed E-state index contributed by atoms with van der Waals surface area (Å²) < 4.78 is 2.20. The standard InChI is InChI=1S/C15H19N5OS/c1-9(21)18-15-19-12-3-2-10-8-17-20(13(10)14(12)22-15)11-4-6-16-7-5-11/h8,11,16H,2-7H2,1H3,(H,18,19,21). The van der Waals surface area contributed by atoms with Crippen molar-refractivity contribution in [1.82, 2.24) is 20.1 Å². The van der Waals surface area contributed by atoms with E-state index in [9.17, 15) is 4.79 Å². The molecule has 6 nitrogen and oxygen atoms in total. The number of hydrogen-bond acceptors (Lipinski definition) is 5. The second kappa shape index (κ2) is 5.48. The number of hydrogen-bond donors (Lipinski definition) is 2. The van der Waals surface area contributed by atoms with E-state index in [-0.39, 0.29) is 5.91 Å². The maximum atomic E-state index is 11.3. The van der Waals surface area contributed by atoms with Gasteiger partial charge in [0.15, 0.2) is 5.13 Å². The van der Waals surface area contributed by atoms with Gasteiger partial charge in [0.1, 0.15) is 0 Å². The first-order valence-corrected chi connectivity index (χ1v) is 8.59. The molecule has 2 aromatic rings. The molecule has 116 valence electrons. The lowest BCUT2D eigenvalue weighted by atomic mass is 9.99. The van der Waals surface area contributed by atoms with E-state index < -0.39 is 0 Å². The third-order valence-electron chi connectivity index (χ3n) is 4.35. The largest absolute Gasteiger partial charge is 0.317 e. The van der Waals surface area contributed by atoms with Gasteiger partial charge in [-0.05, 0) is 44.3 Å². The van der Waals surface area contributed by atoms with Crippen LogP contribution in [-0.2, 0) is 17.6 Å². The molecule has 2 N–H and O–H groups in total. The van der Waals surface area contributed by atoms with Crippen molar-refractivity contribution in [3.63, 3.8) is 0 Å². The van der Waals surface area contributed by atoms with Crippen LogP contribution in [0.15, 0.2) is 6.20 Å². The number of amides is 1. The van der Waals surface area contributed by atoms with Gasteiger partial charge in [-0.15, -0.1) is 0 Å². The quantitative estimate of drug-likeness (QED) is 0.888. The minimum absolute atomic E-state index is 0.0711. The number of thiazole rings is 1. The lowest BCUT2D eigenvalue weighted by Gasteiger charge is -2.25. The van der Waals surface area contributed by atoms with Gasteiger partial charge in [0.2, 0.25) is 5.91 Å². The van der Waals surface area contributed by atoms with Gasteiger partial charge in [0.25, 0.3) is 0 Å². The summed E-state index contributed by atoms with van der Waals surface area (Å²) in [6.45, 7) is 3.61. The minimum Gasteiger partial charge on any atom is -0.317 e. The van der Waals surface area contributed by atoms with Crippen LogP contribution >= 0.6 is 11.3 Å². The second-order valence-electron chi connectivity index (χ2n) is 5.92. The molecule has 2 aliphatic rings. The predicted octanol–water partition coefficient (Wildman–Crippen LogP) is 1.99. The average molecular weight is 317 g/mol. The van der Waals surface area contributed by atoms with Crippen molar-refractivity contribution in [2.24, 2.45) is 0 Å². The maximum absolute atomic E-state index is 11.3. The maximum Gasteiger partial charge on any atom is 0.223 e. The summed E-state index contributed by atoms with van der Waals surface area (Å²) >= 11 is 1.57. The van der Waals surface area contributed by atoms with E-state index in [4.69, 9.17) is 0 Å². The van der Waals surface area contributed by atoms with E-state index in [1.165, 1.54) is 23.1 Å². The number of aryl methyl sites for hydroxylation is 2. The number of nitrogens with one attached hydrogen (secondary N) is 2. The molecule has 4 rings (SSSR count). The van der Waals surface area contributed by atoms with Gasteiger partial charge in [-0.2, -0.15) is 5.10 Å². The van der Waals surface area contributed by atoms with Crippen molar-refractivity contribution >= 4 is 22.4 Å². The summed E-state index contributed by atoms with van der Waals surface area (Å²) in [4.78, 5) is 17.0. The fourth-order valence-corrected chi connectivity index (χ4v) is 4.45. The molecule has 0 spiro atoms. The molecule has 0 unspecified atom stereocenters. The highest BCUT2D eigenvalue weighted by Gasteiger charge is 2.28. The lowest BCUT2D eigenvalue weighted by molar-refractivity contribution is -0.114. The number of nitrogens with zero attached hydrogens (tertiary/aromatic N) is 3. The monoisotopic (exact) mass is 317 g/mol. The first-order chi connectivity index (χ1) is 10.7. The molecule has 1 fully saturated rings. The Morgan fingerprint density at radius 2 is 2.23 bits per heavy atom. The van der Waals surface area contributed by atoms with Gasteiger partial charge in [-0.1, -0.05) is 11.3 Å². The van der Waals surface area contributed by atoms with Crippen LogP contribution in [0, 0.1) is 0 Å². The van der Waals surface area contributed by atoms with Crippen LogP contribution in [0.25, 0.3) is 10.6 Å². The van der Waals surface area contributed by atoms with E-state index in [0.717, 1.165) is 44.5 Å². The highest BCUT2D eigenvalue weighted by Crippen LogP contribution is 2.41. The highest BCUT2D eigenvalue weighted by atomic mass is 32.1. The Hall–Kier alpha value is -1.73. The molecule has 7 heteroatoms. The molecule has 0 radical (unpaired) electrons. The molecule has 0 saturated carbocycles. The summed E-state index contributed by atoms with van der Waals surface area (Å²) in [5.41, 5.74) is 3.63. The molecule has 0 atom stereocenters. The number of fused-ring (bicyclic) bond motifs is 3. The molecular formula is C15H19N5OS. The van der Waals surface area contributed by atoms with Gasteiger partial charge in [0.05, 0.1) is 28.5 Å². The van der Waals surface area contributed by atoms with E-state index in [0.29, 0.717) is 11.2 Å². The third kappa shape index (κ3) is 2.34. The topological polar surface area (TPSA) is 71.8 Å². The van der Waals surface area contributed by atoms with Gasteiger partial charge in [-0.25, -0.2) is 4.98 Å². The molecule has 3 heterocycles. The molecule has 1 saturated heterocycles. The van der Waals surface area contributed by atoms with Gasteiger partial charge in [0, 0.05) is 6.92 Å². The summed E-state index contributed by atoms with van der Waals surface area (Å²) in [5.74, 6) is -0.0711. The van der Waals surface area contributed by atoms with Gasteiger partial charge >= 0.3 is 0 Å². The van der Waals surface area contributed by atoms with Crippen LogP contribution in [0.2, 0.25) is 0 Å². The Morgan fingerprint density at radius 3 is 3.00 bits per heavy atom. The Kier molecular flexibility index (Phi) is 3.46. The van der Waals surface area contributed by atoms with Crippen molar-refractivity contribution < 1.29 is 4.79 Å². The Labute approximate surface area is 132 Å². The molecule has 2 aromatic heterocycles. The zero-order valence-corrected chi connectivity index (χ0v) is 13.4. The van der Waals surface area contributed by atoms with Crippen molar-refractivity contribution in [2.45, 2.75) is 38.6 Å². The molecular weight excluding hydrogens is 298 g/mol. The second-order valence-corrected chi connectivity index (χ2v) is 6.92. The van der Waals surface area contributed by atoms with Crippen molar-refractivity contribution in [1.29, 1.82) is 0 Å². The Balaban J connectivity index is 1.74. The Morgan fingerprint density at radius 1 is 1.41 bits per heavy atom. The van der Waals surface area contributed by atoms with Crippen LogP contribution in [0.1, 0.15) is 37.1 Å². The SMILES string of the molecule is CC(=O)Nc1nc2c(s1)-c1c(cnn1C1CCNCC1)CC2. The van der Waals surface area contributed by atoms with Crippen LogP contribution in [0.4, 0.5) is 5.13 Å². The van der Waals surface area contributed by atoms with E-state index in [1.807, 2.05) is 6.20 Å². The Bertz CT molecular complexity index is 714. The lowest BCUT2D eigenvalue weighted by Crippen LogP contribution is -2.30. The number of piperidine rings is 1. The molecule has 1 aliphatic carbocycles. The average Bonchev–Trinajstić information content (AvgIpc) is 3.09. The molecule has 0 aromatic carbocycles. The minimum atomic E-state index is -0.0711. The fourth-order valence-electron chi connectivity index (χ4n) is 3.32. The fraction of sp³-hybridized carbons (Fsp3) is 0.533. The number of rotatable bonds is 2. The first-order valence-electron chi connectivity index (χ1n) is 7.77. The van der Waals surface area contributed by atoms with Crippen LogP contribution in [0.3, 0.4) is 0 Å². The summed E-state index contributed by atoms with van der Waals surface area (Å²) in [6.07, 6.45) is 6.15. The van der Waals surface area contributed by atoms with Crippen molar-refractivity contribution in [3.05, 3.63) is 17.5 Å². The van der Waals surface area contributed by atoms with Crippen molar-refractivity contribution in [2.75, 3.05) is 18.4 Å². The number of carbonyl (C=O) groups is 1. The molecule has 1 aliphatic heterocycles. The van der Waals surface area contributed by atoms with Crippen LogP contribution < -0.4 is 10.6 Å². The zero-order valence-electron chi connectivity index (χ0n) is 12.6. The molecule has 0 bridgehead atoms. The highest BCUT2D eigenvalue weighted by molar-refractivity contribution is 7.19. The summed E-state index contributed by atoms with van der Waals surface area (Å²) in [7, 11) is 0. The summed E-state index contributed by atoms with van der Waals surface area (Å²) in [6, 6.07) is 0.460. The van der Waals surface area contributed by atoms with E-state index in [1.54, 1.807) is 11.3 Å². The number of carbonyl (C=O) groups excluding carboxylic acids is 1. The van der Waals surface area contributed by atoms with Gasteiger partial charge < -0.3 is 10.6 Å². The normalized spacial score (nSPS) is 17.9. The molecule has 22 heavy (non-hydrogen) atoms. The van der Waals surface area contributed by atoms with E-state index in [2.05, 4.69) is 25.4 Å². The molecule has 1 amide bonds. The van der Waals surface area contributed by atoms with Crippen LogP contribution in [-0.4, -0.2) is 33.8 Å². The van der Waals surface area contributed by atoms with Crippen molar-refractivity contribution in [3.8, 4) is 10.6 Å². The number of anilines is 1. The third-order valence-corrected chi connectivity index (χ3v) is 5.37. The van der Waals surface area contributed by atoms with Gasteiger partial charge in [-0.3, -0.25) is 9.48 Å². The summed E-state index contributed by atoms with van der Waals surface area (Å²) in [5, 5.41) is 11.6. The first kappa shape index (κ1) is 13.9. The van der Waals surface area contributed by atoms with E-state index >= 15 is 0 Å². The number of aromatic nitrogens is 3.